The van der Waals surface area contributed by atoms with E-state index in [2.05, 4.69) is 42.1 Å². The molecule has 142 valence electrons. The fourth-order valence-corrected chi connectivity index (χ4v) is 7.11. The zero-order valence-corrected chi connectivity index (χ0v) is 16.3. The Morgan fingerprint density at radius 3 is 2.26 bits per heavy atom. The van der Waals surface area contributed by atoms with Gasteiger partial charge < -0.3 is 9.74 Å². The molecule has 27 heavy (non-hydrogen) atoms. The highest BCUT2D eigenvalue weighted by Crippen LogP contribution is 2.66. The number of hydrogen-bond donors (Lipinski definition) is 0. The van der Waals surface area contributed by atoms with Crippen molar-refractivity contribution in [3.8, 4) is 0 Å². The van der Waals surface area contributed by atoms with E-state index >= 15 is 0 Å². The first-order valence-electron chi connectivity index (χ1n) is 10.8. The van der Waals surface area contributed by atoms with Crippen molar-refractivity contribution < 1.29 is 4.79 Å². The van der Waals surface area contributed by atoms with Gasteiger partial charge in [0.25, 0.3) is 6.04 Å². The van der Waals surface area contributed by atoms with Crippen molar-refractivity contribution in [2.75, 3.05) is 13.1 Å². The summed E-state index contributed by atoms with van der Waals surface area (Å²) in [4.78, 5) is 18.7. The Labute approximate surface area is 163 Å². The van der Waals surface area contributed by atoms with Crippen LogP contribution in [-0.2, 0) is 11.2 Å². The maximum atomic E-state index is 13.2. The molecular formula is C24H30N2O. The van der Waals surface area contributed by atoms with E-state index in [4.69, 9.17) is 6.57 Å². The lowest BCUT2D eigenvalue weighted by Gasteiger charge is -2.64. The van der Waals surface area contributed by atoms with Crippen LogP contribution >= 0.6 is 0 Å². The highest BCUT2D eigenvalue weighted by atomic mass is 16.2. The lowest BCUT2D eigenvalue weighted by atomic mass is 9.41. The molecule has 3 heteroatoms. The van der Waals surface area contributed by atoms with Crippen LogP contribution < -0.4 is 0 Å². The number of carbonyl (C=O) groups is 1. The van der Waals surface area contributed by atoms with Crippen LogP contribution in [0.15, 0.2) is 30.3 Å². The van der Waals surface area contributed by atoms with Crippen molar-refractivity contribution in [3.05, 3.63) is 47.3 Å². The number of carbonyl (C=O) groups excluding carboxylic acids is 1. The molecule has 5 fully saturated rings. The van der Waals surface area contributed by atoms with Gasteiger partial charge in [-0.15, -0.1) is 0 Å². The van der Waals surface area contributed by atoms with Gasteiger partial charge in [0.1, 0.15) is 0 Å². The summed E-state index contributed by atoms with van der Waals surface area (Å²) in [6.45, 7) is 10.9. The van der Waals surface area contributed by atoms with Gasteiger partial charge in [0.05, 0.1) is 13.1 Å². The quantitative estimate of drug-likeness (QED) is 0.727. The van der Waals surface area contributed by atoms with E-state index in [1.807, 2.05) is 4.90 Å². The Morgan fingerprint density at radius 2 is 1.70 bits per heavy atom. The van der Waals surface area contributed by atoms with Crippen LogP contribution in [0.25, 0.3) is 4.85 Å². The molecule has 4 aliphatic carbocycles. The lowest BCUT2D eigenvalue weighted by Crippen LogP contribution is -2.59. The van der Waals surface area contributed by atoms with E-state index in [-0.39, 0.29) is 11.5 Å². The summed E-state index contributed by atoms with van der Waals surface area (Å²) in [5.41, 5.74) is 1.54. The second-order valence-corrected chi connectivity index (χ2v) is 9.87. The van der Waals surface area contributed by atoms with Gasteiger partial charge in [-0.05, 0) is 72.7 Å². The van der Waals surface area contributed by atoms with Crippen molar-refractivity contribution in [2.45, 2.75) is 51.5 Å². The molecular weight excluding hydrogens is 332 g/mol. The minimum absolute atomic E-state index is 0.0402. The molecule has 4 saturated carbocycles. The van der Waals surface area contributed by atoms with Crippen LogP contribution in [0.5, 0.6) is 0 Å². The fraction of sp³-hybridized carbons (Fsp3) is 0.667. The molecule has 0 aromatic heterocycles. The fourth-order valence-electron chi connectivity index (χ4n) is 7.11. The first kappa shape index (κ1) is 17.3. The highest BCUT2D eigenvalue weighted by molar-refractivity contribution is 5.78. The summed E-state index contributed by atoms with van der Waals surface area (Å²) in [5.74, 6) is 4.39. The predicted molar refractivity (Wildman–Crippen MR) is 106 cm³/mol. The molecule has 0 N–H and O–H groups in total. The van der Waals surface area contributed by atoms with Gasteiger partial charge in [-0.1, -0.05) is 37.3 Å². The summed E-state index contributed by atoms with van der Waals surface area (Å²) in [7, 11) is 0. The number of hydrogen-bond acceptors (Lipinski definition) is 1. The van der Waals surface area contributed by atoms with Crippen LogP contribution in [-0.4, -0.2) is 29.9 Å². The molecule has 1 heterocycles. The van der Waals surface area contributed by atoms with Crippen LogP contribution in [0.4, 0.5) is 0 Å². The average Bonchev–Trinajstić information content (AvgIpc) is 2.60. The highest BCUT2D eigenvalue weighted by Gasteiger charge is 2.59. The second-order valence-electron chi connectivity index (χ2n) is 9.87. The molecule has 4 bridgehead atoms. The topological polar surface area (TPSA) is 24.7 Å². The van der Waals surface area contributed by atoms with Crippen molar-refractivity contribution in [3.63, 3.8) is 0 Å². The largest absolute Gasteiger partial charge is 0.327 e. The third-order valence-corrected chi connectivity index (χ3v) is 8.72. The normalized spacial score (nSPS) is 39.9. The lowest BCUT2D eigenvalue weighted by molar-refractivity contribution is -0.160. The Kier molecular flexibility index (Phi) is 4.08. The summed E-state index contributed by atoms with van der Waals surface area (Å²) in [6.07, 6.45) is 7.09. The number of nitrogens with zero attached hydrogens (tertiary/aromatic N) is 2. The Balaban J connectivity index is 1.43. The van der Waals surface area contributed by atoms with E-state index < -0.39 is 0 Å². The molecule has 1 aromatic rings. The van der Waals surface area contributed by atoms with Gasteiger partial charge in [-0.3, -0.25) is 4.79 Å². The molecule has 1 saturated heterocycles. The monoisotopic (exact) mass is 362 g/mol. The molecule has 0 unspecified atom stereocenters. The van der Waals surface area contributed by atoms with E-state index in [0.29, 0.717) is 37.3 Å². The van der Waals surface area contributed by atoms with Gasteiger partial charge in [0.2, 0.25) is 5.91 Å². The molecule has 0 atom stereocenters. The molecule has 0 radical (unpaired) electrons. The summed E-state index contributed by atoms with van der Waals surface area (Å²) >= 11 is 0. The van der Waals surface area contributed by atoms with E-state index in [9.17, 15) is 4.79 Å². The second kappa shape index (κ2) is 6.36. The van der Waals surface area contributed by atoms with Crippen LogP contribution in [0.1, 0.15) is 44.6 Å². The molecule has 0 spiro atoms. The molecule has 6 rings (SSSR count). The number of amides is 1. The predicted octanol–water partition coefficient (Wildman–Crippen LogP) is 4.44. The summed E-state index contributed by atoms with van der Waals surface area (Å²) in [5, 5.41) is 0. The van der Waals surface area contributed by atoms with Crippen molar-refractivity contribution >= 4 is 5.91 Å². The first-order valence-corrected chi connectivity index (χ1v) is 10.8. The van der Waals surface area contributed by atoms with Gasteiger partial charge >= 0.3 is 0 Å². The van der Waals surface area contributed by atoms with Crippen LogP contribution in [0, 0.1) is 41.6 Å². The smallest absolute Gasteiger partial charge is 0.258 e. The Hall–Kier alpha value is -1.82. The van der Waals surface area contributed by atoms with E-state index in [1.165, 1.54) is 31.2 Å². The maximum absolute atomic E-state index is 13.2. The van der Waals surface area contributed by atoms with Gasteiger partial charge in [-0.25, -0.2) is 6.57 Å². The van der Waals surface area contributed by atoms with Gasteiger partial charge in [-0.2, -0.15) is 0 Å². The SMILES string of the molecule is [C-]#[N+]C1CN(C(=O)CC2(Cc3ccccc3)C3CC4CC2CC(C3)C4C)C1. The summed E-state index contributed by atoms with van der Waals surface area (Å²) < 4.78 is 0. The van der Waals surface area contributed by atoms with Crippen LogP contribution in [0.3, 0.4) is 0 Å². The van der Waals surface area contributed by atoms with Crippen LogP contribution in [0.2, 0.25) is 0 Å². The molecule has 1 aromatic carbocycles. The minimum atomic E-state index is 0.0402. The van der Waals surface area contributed by atoms with E-state index in [1.54, 1.807) is 0 Å². The number of benzene rings is 1. The number of likely N-dealkylation sites (tertiary alicyclic amines) is 1. The van der Waals surface area contributed by atoms with Gasteiger partial charge in [0, 0.05) is 6.42 Å². The van der Waals surface area contributed by atoms with Crippen molar-refractivity contribution in [1.82, 2.24) is 4.90 Å². The van der Waals surface area contributed by atoms with Crippen molar-refractivity contribution in [1.29, 1.82) is 0 Å². The van der Waals surface area contributed by atoms with Gasteiger partial charge in [0.15, 0.2) is 0 Å². The number of rotatable bonds is 4. The zero-order chi connectivity index (χ0) is 18.6. The molecule has 3 nitrogen and oxygen atoms in total. The maximum Gasteiger partial charge on any atom is 0.258 e. The van der Waals surface area contributed by atoms with E-state index in [0.717, 1.165) is 24.2 Å². The zero-order valence-electron chi connectivity index (χ0n) is 16.3. The third kappa shape index (κ3) is 2.72. The standard InChI is InChI=1S/C24H30N2O/c1-16-18-8-20-10-19(16)11-21(9-18)24(20,12-17-6-4-3-5-7-17)13-23(27)26-14-22(15-26)25-2/h3-7,16,18-22H,8-15H2,1H3. The van der Waals surface area contributed by atoms with Crippen molar-refractivity contribution in [2.24, 2.45) is 35.0 Å². The minimum Gasteiger partial charge on any atom is -0.327 e. The molecule has 1 aliphatic heterocycles. The first-order chi connectivity index (χ1) is 13.1. The summed E-state index contributed by atoms with van der Waals surface area (Å²) in [6, 6.07) is 10.9. The molecule has 5 aliphatic rings. The Morgan fingerprint density at radius 1 is 1.11 bits per heavy atom. The molecule has 1 amide bonds. The average molecular weight is 363 g/mol. The third-order valence-electron chi connectivity index (χ3n) is 8.72. The Bertz CT molecular complexity index is 728.